The van der Waals surface area contributed by atoms with Gasteiger partial charge in [-0.25, -0.2) is 4.98 Å². The Morgan fingerprint density at radius 2 is 1.90 bits per heavy atom. The number of hydrogen-bond donors (Lipinski definition) is 0. The smallest absolute Gasteiger partial charge is 0.129 e. The number of halogens is 1. The maximum atomic E-state index is 5.99. The fourth-order valence-corrected chi connectivity index (χ4v) is 2.13. The number of aryl methyl sites for hydroxylation is 1. The van der Waals surface area contributed by atoms with Gasteiger partial charge in [-0.1, -0.05) is 50.6 Å². The molecule has 1 heterocycles. The number of nitrogens with zero attached hydrogens (tertiary/aromatic N) is 1. The zero-order valence-corrected chi connectivity index (χ0v) is 13.2. The van der Waals surface area contributed by atoms with Crippen molar-refractivity contribution in [3.05, 3.63) is 58.4 Å². The molecule has 0 aliphatic rings. The first-order valence-electron chi connectivity index (χ1n) is 6.70. The van der Waals surface area contributed by atoms with E-state index in [0.717, 1.165) is 11.3 Å². The van der Waals surface area contributed by atoms with Crippen LogP contribution >= 0.6 is 11.6 Å². The molecule has 0 aliphatic carbocycles. The van der Waals surface area contributed by atoms with E-state index in [1.807, 2.05) is 6.07 Å². The van der Waals surface area contributed by atoms with Crippen molar-refractivity contribution in [1.29, 1.82) is 0 Å². The summed E-state index contributed by atoms with van der Waals surface area (Å²) in [6, 6.07) is 10.1. The molecule has 0 fully saturated rings. The predicted molar refractivity (Wildman–Crippen MR) is 83.5 cm³/mol. The molecular weight excluding hydrogens is 270 g/mol. The average molecular weight is 290 g/mol. The Morgan fingerprint density at radius 1 is 1.15 bits per heavy atom. The van der Waals surface area contributed by atoms with E-state index in [1.165, 1.54) is 11.1 Å². The predicted octanol–water partition coefficient (Wildman–Crippen LogP) is 4.92. The Labute approximate surface area is 125 Å². The quantitative estimate of drug-likeness (QED) is 0.748. The zero-order valence-electron chi connectivity index (χ0n) is 12.4. The molecular formula is C17H20ClNO. The van der Waals surface area contributed by atoms with Crippen LogP contribution in [0.5, 0.6) is 5.75 Å². The minimum Gasteiger partial charge on any atom is -0.489 e. The van der Waals surface area contributed by atoms with Crippen LogP contribution in [-0.4, -0.2) is 4.98 Å². The van der Waals surface area contributed by atoms with Crippen LogP contribution in [0.2, 0.25) is 5.15 Å². The number of ether oxygens (including phenoxy) is 1. The van der Waals surface area contributed by atoms with E-state index < -0.39 is 0 Å². The molecule has 2 aromatic rings. The highest BCUT2D eigenvalue weighted by molar-refractivity contribution is 6.29. The summed E-state index contributed by atoms with van der Waals surface area (Å²) >= 11 is 5.78. The van der Waals surface area contributed by atoms with Gasteiger partial charge in [0.1, 0.15) is 17.5 Å². The molecule has 1 aromatic heterocycles. The number of rotatable bonds is 3. The molecule has 0 saturated carbocycles. The molecule has 0 radical (unpaired) electrons. The maximum absolute atomic E-state index is 5.99. The number of pyridine rings is 1. The van der Waals surface area contributed by atoms with Gasteiger partial charge < -0.3 is 4.74 Å². The van der Waals surface area contributed by atoms with Crippen molar-refractivity contribution < 1.29 is 4.74 Å². The van der Waals surface area contributed by atoms with Gasteiger partial charge >= 0.3 is 0 Å². The number of aromatic nitrogens is 1. The van der Waals surface area contributed by atoms with Crippen LogP contribution in [0.25, 0.3) is 0 Å². The van der Waals surface area contributed by atoms with E-state index in [9.17, 15) is 0 Å². The van der Waals surface area contributed by atoms with E-state index >= 15 is 0 Å². The highest BCUT2D eigenvalue weighted by Gasteiger charge is 2.19. The molecule has 20 heavy (non-hydrogen) atoms. The van der Waals surface area contributed by atoms with Gasteiger partial charge in [-0.15, -0.1) is 0 Å². The Bertz CT molecular complexity index is 585. The monoisotopic (exact) mass is 289 g/mol. The van der Waals surface area contributed by atoms with Crippen LogP contribution in [0.15, 0.2) is 36.5 Å². The van der Waals surface area contributed by atoms with Crippen molar-refractivity contribution in [3.63, 3.8) is 0 Å². The molecule has 106 valence electrons. The third-order valence-corrected chi connectivity index (χ3v) is 3.35. The highest BCUT2D eigenvalue weighted by atomic mass is 35.5. The molecule has 0 N–H and O–H groups in total. The van der Waals surface area contributed by atoms with E-state index in [-0.39, 0.29) is 5.41 Å². The molecule has 0 amide bonds. The largest absolute Gasteiger partial charge is 0.489 e. The molecule has 2 rings (SSSR count). The SMILES string of the molecule is Cc1ccc(C(C)(C)C)c(OCc2ccc(Cl)nc2)c1. The fraction of sp³-hybridized carbons (Fsp3) is 0.353. The molecule has 3 heteroatoms. The lowest BCUT2D eigenvalue weighted by Gasteiger charge is -2.23. The average Bonchev–Trinajstić information content (AvgIpc) is 2.36. The van der Waals surface area contributed by atoms with Crippen LogP contribution in [0, 0.1) is 6.92 Å². The number of hydrogen-bond acceptors (Lipinski definition) is 2. The first-order valence-corrected chi connectivity index (χ1v) is 7.08. The van der Waals surface area contributed by atoms with Crippen LogP contribution in [0.4, 0.5) is 0 Å². The van der Waals surface area contributed by atoms with Gasteiger partial charge in [-0.05, 0) is 35.6 Å². The van der Waals surface area contributed by atoms with Crippen molar-refractivity contribution in [1.82, 2.24) is 4.98 Å². The van der Waals surface area contributed by atoms with Crippen LogP contribution < -0.4 is 4.74 Å². The molecule has 0 unspecified atom stereocenters. The maximum Gasteiger partial charge on any atom is 0.129 e. The summed E-state index contributed by atoms with van der Waals surface area (Å²) in [5, 5.41) is 0.500. The number of benzene rings is 1. The normalized spacial score (nSPS) is 11.4. The topological polar surface area (TPSA) is 22.1 Å². The first kappa shape index (κ1) is 14.9. The zero-order chi connectivity index (χ0) is 14.8. The van der Waals surface area contributed by atoms with Gasteiger partial charge in [-0.3, -0.25) is 0 Å². The van der Waals surface area contributed by atoms with Gasteiger partial charge in [0.2, 0.25) is 0 Å². The fourth-order valence-electron chi connectivity index (χ4n) is 2.02. The molecule has 0 spiro atoms. The van der Waals surface area contributed by atoms with Crippen LogP contribution in [0.3, 0.4) is 0 Å². The summed E-state index contributed by atoms with van der Waals surface area (Å²) in [5.41, 5.74) is 3.48. The van der Waals surface area contributed by atoms with Gasteiger partial charge in [0, 0.05) is 11.8 Å². The van der Waals surface area contributed by atoms with Gasteiger partial charge in [-0.2, -0.15) is 0 Å². The third kappa shape index (κ3) is 3.73. The molecule has 0 bridgehead atoms. The molecule has 2 nitrogen and oxygen atoms in total. The molecule has 0 saturated heterocycles. The van der Waals surface area contributed by atoms with Crippen molar-refractivity contribution in [2.75, 3.05) is 0 Å². The summed E-state index contributed by atoms with van der Waals surface area (Å²) < 4.78 is 5.99. The molecule has 0 atom stereocenters. The second kappa shape index (κ2) is 5.84. The Hall–Kier alpha value is -1.54. The van der Waals surface area contributed by atoms with Gasteiger partial charge in [0.05, 0.1) is 0 Å². The highest BCUT2D eigenvalue weighted by Crippen LogP contribution is 2.32. The Balaban J connectivity index is 2.20. The Morgan fingerprint density at radius 3 is 2.50 bits per heavy atom. The second-order valence-electron chi connectivity index (χ2n) is 6.03. The van der Waals surface area contributed by atoms with Crippen molar-refractivity contribution in [2.45, 2.75) is 39.7 Å². The summed E-state index contributed by atoms with van der Waals surface area (Å²) in [7, 11) is 0. The molecule has 1 aromatic carbocycles. The lowest BCUT2D eigenvalue weighted by atomic mass is 9.86. The van der Waals surface area contributed by atoms with Gasteiger partial charge in [0.25, 0.3) is 0 Å². The lowest BCUT2D eigenvalue weighted by Crippen LogP contribution is -2.13. The van der Waals surface area contributed by atoms with E-state index in [0.29, 0.717) is 11.8 Å². The molecule has 0 aliphatic heterocycles. The van der Waals surface area contributed by atoms with E-state index in [4.69, 9.17) is 16.3 Å². The standard InChI is InChI=1S/C17H20ClNO/c1-12-5-7-14(17(2,3)4)15(9-12)20-11-13-6-8-16(18)19-10-13/h5-10H,11H2,1-4H3. The minimum absolute atomic E-state index is 0.0568. The summed E-state index contributed by atoms with van der Waals surface area (Å²) in [6.45, 7) is 9.14. The van der Waals surface area contributed by atoms with Gasteiger partial charge in [0.15, 0.2) is 0 Å². The summed E-state index contributed by atoms with van der Waals surface area (Å²) in [6.07, 6.45) is 1.74. The van der Waals surface area contributed by atoms with Crippen molar-refractivity contribution >= 4 is 11.6 Å². The van der Waals surface area contributed by atoms with Crippen molar-refractivity contribution in [3.8, 4) is 5.75 Å². The second-order valence-corrected chi connectivity index (χ2v) is 6.41. The summed E-state index contributed by atoms with van der Waals surface area (Å²) in [4.78, 5) is 4.07. The van der Waals surface area contributed by atoms with Crippen LogP contribution in [0.1, 0.15) is 37.5 Å². The van der Waals surface area contributed by atoms with Crippen molar-refractivity contribution in [2.24, 2.45) is 0 Å². The Kier molecular flexibility index (Phi) is 4.34. The summed E-state index contributed by atoms with van der Waals surface area (Å²) in [5.74, 6) is 0.937. The lowest BCUT2D eigenvalue weighted by molar-refractivity contribution is 0.297. The first-order chi connectivity index (χ1) is 9.36. The van der Waals surface area contributed by atoms with E-state index in [2.05, 4.69) is 50.9 Å². The minimum atomic E-state index is 0.0568. The third-order valence-electron chi connectivity index (χ3n) is 3.13. The van der Waals surface area contributed by atoms with E-state index in [1.54, 1.807) is 12.3 Å². The van der Waals surface area contributed by atoms with Crippen LogP contribution in [-0.2, 0) is 12.0 Å².